The molecule has 1 N–H and O–H groups in total. The molecule has 1 amide bonds. The number of halogens is 2. The number of fused-ring (bicyclic) bond motifs is 1. The van der Waals surface area contributed by atoms with Gasteiger partial charge in [-0.1, -0.05) is 11.2 Å². The van der Waals surface area contributed by atoms with Crippen LogP contribution >= 0.6 is 0 Å². The summed E-state index contributed by atoms with van der Waals surface area (Å²) in [7, 11) is 0. The van der Waals surface area contributed by atoms with Crippen molar-refractivity contribution < 1.29 is 22.8 Å². The van der Waals surface area contributed by atoms with Gasteiger partial charge in [0, 0.05) is 53.5 Å². The highest BCUT2D eigenvalue weighted by molar-refractivity contribution is 5.92. The van der Waals surface area contributed by atoms with E-state index in [0.717, 1.165) is 6.07 Å². The van der Waals surface area contributed by atoms with E-state index in [0.29, 0.717) is 48.4 Å². The summed E-state index contributed by atoms with van der Waals surface area (Å²) in [5, 5.41) is 26.6. The predicted octanol–water partition coefficient (Wildman–Crippen LogP) is 6.38. The third-order valence-electron chi connectivity index (χ3n) is 7.02. The molecule has 0 bridgehead atoms. The van der Waals surface area contributed by atoms with E-state index in [1.165, 1.54) is 24.3 Å². The molecule has 0 unspecified atom stereocenters. The highest BCUT2D eigenvalue weighted by atomic mass is 19.1. The van der Waals surface area contributed by atoms with E-state index in [1.807, 2.05) is 25.7 Å². The van der Waals surface area contributed by atoms with E-state index in [1.54, 1.807) is 19.1 Å². The van der Waals surface area contributed by atoms with Gasteiger partial charge >= 0.3 is 6.09 Å². The summed E-state index contributed by atoms with van der Waals surface area (Å²) in [5.74, 6) is -0.952. The van der Waals surface area contributed by atoms with Crippen molar-refractivity contribution in [2.45, 2.75) is 52.2 Å². The minimum atomic E-state index is -0.764. The van der Waals surface area contributed by atoms with Gasteiger partial charge in [0.15, 0.2) is 5.58 Å². The third kappa shape index (κ3) is 5.72. The van der Waals surface area contributed by atoms with Crippen molar-refractivity contribution in [2.75, 3.05) is 18.0 Å². The standard InChI is InChI=1S/C31H28F2N6O3/c1-17-22-13-25(33)23(14-26(22)42-38-17)28-20(16-35)12-27(36-29(28)18-5-6-19(15-34)24(32)11-18)39-9-7-21(8-10-39)41-30(40)37-31(2,3)4/h5-6,11-14,21H,7-10H2,1-4H3,(H,37,40). The molecule has 214 valence electrons. The average Bonchev–Trinajstić information content (AvgIpc) is 3.30. The van der Waals surface area contributed by atoms with Crippen LogP contribution < -0.4 is 10.2 Å². The van der Waals surface area contributed by atoms with Gasteiger partial charge < -0.3 is 19.5 Å². The quantitative estimate of drug-likeness (QED) is 0.299. The molecule has 0 radical (unpaired) electrons. The van der Waals surface area contributed by atoms with E-state index in [9.17, 15) is 19.7 Å². The monoisotopic (exact) mass is 570 g/mol. The summed E-state index contributed by atoms with van der Waals surface area (Å²) in [6, 6.07) is 12.2. The van der Waals surface area contributed by atoms with Gasteiger partial charge in [-0.3, -0.25) is 0 Å². The van der Waals surface area contributed by atoms with Crippen molar-refractivity contribution in [3.05, 3.63) is 64.9 Å². The lowest BCUT2D eigenvalue weighted by Crippen LogP contribution is -2.44. The number of nitrogens with one attached hydrogen (secondary N) is 1. The van der Waals surface area contributed by atoms with Gasteiger partial charge in [-0.05, 0) is 58.0 Å². The molecule has 1 aliphatic heterocycles. The zero-order valence-electron chi connectivity index (χ0n) is 23.6. The molecule has 0 spiro atoms. The smallest absolute Gasteiger partial charge is 0.407 e. The Morgan fingerprint density at radius 1 is 1.07 bits per heavy atom. The van der Waals surface area contributed by atoms with Crippen molar-refractivity contribution >= 4 is 22.9 Å². The molecule has 42 heavy (non-hydrogen) atoms. The first kappa shape index (κ1) is 28.5. The lowest BCUT2D eigenvalue weighted by Gasteiger charge is -2.33. The van der Waals surface area contributed by atoms with Crippen molar-refractivity contribution in [2.24, 2.45) is 0 Å². The van der Waals surface area contributed by atoms with Crippen LogP contribution in [-0.4, -0.2) is 41.0 Å². The fourth-order valence-corrected chi connectivity index (χ4v) is 4.98. The number of rotatable bonds is 4. The molecule has 2 aromatic heterocycles. The van der Waals surface area contributed by atoms with Crippen LogP contribution in [-0.2, 0) is 4.74 Å². The molecule has 9 nitrogen and oxygen atoms in total. The Balaban J connectivity index is 1.56. The van der Waals surface area contributed by atoms with Gasteiger partial charge in [-0.2, -0.15) is 10.5 Å². The number of aryl methyl sites for hydroxylation is 1. The summed E-state index contributed by atoms with van der Waals surface area (Å²) >= 11 is 0. The molecule has 11 heteroatoms. The minimum absolute atomic E-state index is 0.0472. The number of piperidine rings is 1. The van der Waals surface area contributed by atoms with Crippen LogP contribution in [0.2, 0.25) is 0 Å². The number of benzene rings is 2. The number of aromatic nitrogens is 2. The number of ether oxygens (including phenoxy) is 1. The van der Waals surface area contributed by atoms with Crippen LogP contribution in [0.4, 0.5) is 19.4 Å². The van der Waals surface area contributed by atoms with Crippen LogP contribution in [0.1, 0.15) is 50.4 Å². The fourth-order valence-electron chi connectivity index (χ4n) is 4.98. The molecule has 5 rings (SSSR count). The largest absolute Gasteiger partial charge is 0.446 e. The predicted molar refractivity (Wildman–Crippen MR) is 151 cm³/mol. The Kier molecular flexibility index (Phi) is 7.53. The van der Waals surface area contributed by atoms with Gasteiger partial charge in [0.25, 0.3) is 0 Å². The van der Waals surface area contributed by atoms with E-state index >= 15 is 4.39 Å². The summed E-state index contributed by atoms with van der Waals surface area (Å²) in [5.41, 5.74) is 1.04. The first-order chi connectivity index (χ1) is 20.0. The molecule has 0 saturated carbocycles. The van der Waals surface area contributed by atoms with Gasteiger partial charge in [0.1, 0.15) is 29.6 Å². The van der Waals surface area contributed by atoms with Crippen LogP contribution in [0.5, 0.6) is 0 Å². The zero-order chi connectivity index (χ0) is 30.2. The number of carbonyl (C=O) groups is 1. The Bertz CT molecular complexity index is 1770. The number of pyridine rings is 1. The summed E-state index contributed by atoms with van der Waals surface area (Å²) in [6.45, 7) is 8.25. The second-order valence-corrected chi connectivity index (χ2v) is 11.2. The second kappa shape index (κ2) is 11.1. The SMILES string of the molecule is Cc1noc2cc(-c3c(C#N)cc(N4CCC(OC(=O)NC(C)(C)C)CC4)nc3-c3ccc(C#N)c(F)c3)c(F)cc12. The maximum Gasteiger partial charge on any atom is 0.407 e. The highest BCUT2D eigenvalue weighted by Crippen LogP contribution is 2.40. The molecule has 1 fully saturated rings. The summed E-state index contributed by atoms with van der Waals surface area (Å²) in [6.07, 6.45) is 0.275. The van der Waals surface area contributed by atoms with Gasteiger partial charge in [-0.25, -0.2) is 18.6 Å². The Morgan fingerprint density at radius 2 is 1.79 bits per heavy atom. The number of hydrogen-bond donors (Lipinski definition) is 1. The minimum Gasteiger partial charge on any atom is -0.446 e. The zero-order valence-corrected chi connectivity index (χ0v) is 23.6. The highest BCUT2D eigenvalue weighted by Gasteiger charge is 2.28. The molecular formula is C31H28F2N6O3. The summed E-state index contributed by atoms with van der Waals surface area (Å²) < 4.78 is 41.3. The van der Waals surface area contributed by atoms with Gasteiger partial charge in [-0.15, -0.1) is 0 Å². The maximum absolute atomic E-state index is 15.6. The maximum atomic E-state index is 15.6. The van der Waals surface area contributed by atoms with E-state index in [-0.39, 0.29) is 39.6 Å². The first-order valence-corrected chi connectivity index (χ1v) is 13.4. The average molecular weight is 571 g/mol. The van der Waals surface area contributed by atoms with E-state index in [2.05, 4.69) is 16.5 Å². The number of alkyl carbamates (subject to hydrolysis) is 1. The Morgan fingerprint density at radius 3 is 2.43 bits per heavy atom. The van der Waals surface area contributed by atoms with Gasteiger partial charge in [0.05, 0.1) is 28.6 Å². The number of nitrogens with zero attached hydrogens (tertiary/aromatic N) is 5. The van der Waals surface area contributed by atoms with Crippen LogP contribution in [0.3, 0.4) is 0 Å². The first-order valence-electron chi connectivity index (χ1n) is 13.4. The number of nitriles is 2. The molecule has 1 aliphatic rings. The normalized spacial score (nSPS) is 14.0. The van der Waals surface area contributed by atoms with Crippen LogP contribution in [0.15, 0.2) is 40.9 Å². The van der Waals surface area contributed by atoms with Crippen LogP contribution in [0.25, 0.3) is 33.4 Å². The lowest BCUT2D eigenvalue weighted by molar-refractivity contribution is 0.0776. The molecule has 3 heterocycles. The number of anilines is 1. The fraction of sp³-hybridized carbons (Fsp3) is 0.323. The summed E-state index contributed by atoms with van der Waals surface area (Å²) in [4.78, 5) is 19.0. The van der Waals surface area contributed by atoms with Crippen molar-refractivity contribution in [3.63, 3.8) is 0 Å². The van der Waals surface area contributed by atoms with E-state index in [4.69, 9.17) is 14.2 Å². The lowest BCUT2D eigenvalue weighted by atomic mass is 9.93. The second-order valence-electron chi connectivity index (χ2n) is 11.2. The molecule has 2 aromatic carbocycles. The number of hydrogen-bond acceptors (Lipinski definition) is 8. The molecule has 4 aromatic rings. The van der Waals surface area contributed by atoms with Crippen LogP contribution in [0, 0.1) is 41.2 Å². The molecule has 0 atom stereocenters. The molecule has 0 aliphatic carbocycles. The third-order valence-corrected chi connectivity index (χ3v) is 7.02. The number of amides is 1. The van der Waals surface area contributed by atoms with Crippen molar-refractivity contribution in [3.8, 4) is 34.5 Å². The van der Waals surface area contributed by atoms with Gasteiger partial charge in [0.2, 0.25) is 0 Å². The molecule has 1 saturated heterocycles. The Labute approximate surface area is 241 Å². The molecular weight excluding hydrogens is 542 g/mol. The van der Waals surface area contributed by atoms with Crippen molar-refractivity contribution in [1.82, 2.24) is 15.5 Å². The topological polar surface area (TPSA) is 128 Å². The number of carbonyl (C=O) groups excluding carboxylic acids is 1. The van der Waals surface area contributed by atoms with E-state index < -0.39 is 23.3 Å². The van der Waals surface area contributed by atoms with Crippen molar-refractivity contribution in [1.29, 1.82) is 10.5 Å². The Hall–Kier alpha value is -5.03.